The van der Waals surface area contributed by atoms with Crippen LogP contribution >= 0.6 is 11.6 Å². The van der Waals surface area contributed by atoms with Gasteiger partial charge in [-0.1, -0.05) is 91.7 Å². The van der Waals surface area contributed by atoms with Gasteiger partial charge in [0.25, 0.3) is 0 Å². The summed E-state index contributed by atoms with van der Waals surface area (Å²) in [6.45, 7) is 5.81. The van der Waals surface area contributed by atoms with Crippen LogP contribution in [0.5, 0.6) is 0 Å². The van der Waals surface area contributed by atoms with Gasteiger partial charge in [-0.05, 0) is 83.3 Å². The molecule has 0 N–H and O–H groups in total. The molecule has 0 radical (unpaired) electrons. The molecule has 1 saturated carbocycles. The fourth-order valence-electron chi connectivity index (χ4n) is 7.38. The third-order valence-corrected chi connectivity index (χ3v) is 11.6. The van der Waals surface area contributed by atoms with Crippen LogP contribution in [0.2, 0.25) is 5.02 Å². The fraction of sp³-hybridized carbons (Fsp3) is 0.294. The van der Waals surface area contributed by atoms with Crippen molar-refractivity contribution in [2.24, 2.45) is 17.3 Å². The Balaban J connectivity index is 1.57. The molecular weight excluding hydrogens is 565 g/mol. The Morgan fingerprint density at radius 2 is 1.56 bits per heavy atom. The first-order valence-electron chi connectivity index (χ1n) is 13.6. The molecule has 0 heterocycles. The highest BCUT2D eigenvalue weighted by Gasteiger charge is 2.58. The van der Waals surface area contributed by atoms with Crippen LogP contribution in [0.15, 0.2) is 101 Å². The molecule has 41 heavy (non-hydrogen) atoms. The zero-order valence-corrected chi connectivity index (χ0v) is 24.5. The summed E-state index contributed by atoms with van der Waals surface area (Å²) in [4.78, 5) is -0.291. The van der Waals surface area contributed by atoms with Gasteiger partial charge in [-0.2, -0.15) is 13.2 Å². The molecule has 3 unspecified atom stereocenters. The van der Waals surface area contributed by atoms with E-state index < -0.39 is 32.2 Å². The summed E-state index contributed by atoms with van der Waals surface area (Å²) in [5.74, 6) is -0.733. The lowest BCUT2D eigenvalue weighted by atomic mass is 9.57. The summed E-state index contributed by atoms with van der Waals surface area (Å²) in [6, 6.07) is 19.9. The second kappa shape index (κ2) is 9.47. The molecule has 2 nitrogen and oxygen atoms in total. The summed E-state index contributed by atoms with van der Waals surface area (Å²) in [5, 5.41) is 0.621. The number of sulfone groups is 1. The Labute approximate surface area is 244 Å². The van der Waals surface area contributed by atoms with Gasteiger partial charge in [0.15, 0.2) is 9.84 Å². The molecule has 3 aliphatic carbocycles. The van der Waals surface area contributed by atoms with Crippen molar-refractivity contribution in [1.29, 1.82) is 0 Å². The predicted molar refractivity (Wildman–Crippen MR) is 158 cm³/mol. The SMILES string of the molecule is CC1(C)CC2=CC=C3c4ccccc4C(c4ccc(Cl)cc4)=CC3C2C(C)(S(=O)(=O)c2cccc(C(F)(F)F)c2)C1. The largest absolute Gasteiger partial charge is 0.416 e. The normalized spacial score (nSPS) is 25.2. The van der Waals surface area contributed by atoms with E-state index in [4.69, 9.17) is 11.6 Å². The zero-order valence-electron chi connectivity index (χ0n) is 23.0. The van der Waals surface area contributed by atoms with Gasteiger partial charge in [0, 0.05) is 16.9 Å². The number of fused-ring (bicyclic) bond motifs is 5. The number of hydrogen-bond acceptors (Lipinski definition) is 2. The maximum atomic E-state index is 14.6. The lowest BCUT2D eigenvalue weighted by Crippen LogP contribution is -2.54. The van der Waals surface area contributed by atoms with Gasteiger partial charge in [-0.25, -0.2) is 8.42 Å². The maximum absolute atomic E-state index is 14.6. The minimum absolute atomic E-state index is 0.280. The van der Waals surface area contributed by atoms with Crippen LogP contribution in [-0.2, 0) is 16.0 Å². The molecule has 3 aromatic carbocycles. The molecule has 3 aliphatic rings. The van der Waals surface area contributed by atoms with Crippen molar-refractivity contribution in [3.8, 4) is 0 Å². The van der Waals surface area contributed by atoms with E-state index in [1.807, 2.05) is 50.2 Å². The van der Waals surface area contributed by atoms with Gasteiger partial charge in [-0.15, -0.1) is 0 Å². The lowest BCUT2D eigenvalue weighted by molar-refractivity contribution is -0.137. The Morgan fingerprint density at radius 3 is 2.24 bits per heavy atom. The number of halogens is 4. The first-order valence-corrected chi connectivity index (χ1v) is 15.5. The van der Waals surface area contributed by atoms with E-state index in [2.05, 4.69) is 30.4 Å². The van der Waals surface area contributed by atoms with E-state index in [0.29, 0.717) is 17.9 Å². The van der Waals surface area contributed by atoms with Crippen LogP contribution in [-0.4, -0.2) is 13.2 Å². The summed E-state index contributed by atoms with van der Waals surface area (Å²) < 4.78 is 68.8. The molecular formula is C34H30ClF3O2S. The average Bonchev–Trinajstić information content (AvgIpc) is 2.91. The van der Waals surface area contributed by atoms with Crippen LogP contribution in [0.3, 0.4) is 0 Å². The molecule has 0 bridgehead atoms. The van der Waals surface area contributed by atoms with Gasteiger partial charge in [0.2, 0.25) is 0 Å². The van der Waals surface area contributed by atoms with Crippen LogP contribution < -0.4 is 0 Å². The molecule has 0 saturated heterocycles. The van der Waals surface area contributed by atoms with E-state index in [1.54, 1.807) is 6.92 Å². The smallest absolute Gasteiger partial charge is 0.223 e. The Hall–Kier alpha value is -3.09. The lowest BCUT2D eigenvalue weighted by Gasteiger charge is -2.53. The standard InChI is InChI=1S/C34H30ClF3O2S/c1-32(2)19-22-13-16-28-26-9-4-5-10-27(26)29(21-11-14-24(35)15-12-21)18-30(28)31(22)33(3,20-32)41(39,40)25-8-6-7-23(17-25)34(36,37)38/h4-18,30-31H,19-20H2,1-3H3. The monoisotopic (exact) mass is 594 g/mol. The second-order valence-corrected chi connectivity index (χ2v) is 15.2. The molecule has 3 aromatic rings. The summed E-state index contributed by atoms with van der Waals surface area (Å²) in [6.07, 6.45) is 2.69. The average molecular weight is 595 g/mol. The molecule has 3 atom stereocenters. The van der Waals surface area contributed by atoms with Gasteiger partial charge >= 0.3 is 6.18 Å². The Kier molecular flexibility index (Phi) is 6.48. The molecule has 0 aromatic heterocycles. The number of benzene rings is 3. The van der Waals surface area contributed by atoms with Crippen molar-refractivity contribution in [1.82, 2.24) is 0 Å². The summed E-state index contributed by atoms with van der Waals surface area (Å²) in [5.41, 5.74) is 4.74. The minimum atomic E-state index is -4.65. The van der Waals surface area contributed by atoms with Crippen molar-refractivity contribution >= 4 is 32.6 Å². The first-order chi connectivity index (χ1) is 19.2. The number of rotatable bonds is 3. The summed E-state index contributed by atoms with van der Waals surface area (Å²) in [7, 11) is -4.22. The second-order valence-electron chi connectivity index (χ2n) is 12.4. The predicted octanol–water partition coefficient (Wildman–Crippen LogP) is 9.41. The number of hydrogen-bond donors (Lipinski definition) is 0. The van der Waals surface area contributed by atoms with Crippen LogP contribution in [0.25, 0.3) is 11.1 Å². The molecule has 6 rings (SSSR count). The van der Waals surface area contributed by atoms with Gasteiger partial charge in [0.1, 0.15) is 0 Å². The van der Waals surface area contributed by atoms with Crippen molar-refractivity contribution < 1.29 is 21.6 Å². The van der Waals surface area contributed by atoms with E-state index in [9.17, 15) is 21.6 Å². The van der Waals surface area contributed by atoms with E-state index >= 15 is 0 Å². The molecule has 0 amide bonds. The molecule has 1 fully saturated rings. The third kappa shape index (κ3) is 4.60. The quantitative estimate of drug-likeness (QED) is 0.303. The summed E-state index contributed by atoms with van der Waals surface area (Å²) >= 11 is 6.19. The van der Waals surface area contributed by atoms with E-state index in [0.717, 1.165) is 45.5 Å². The van der Waals surface area contributed by atoms with Crippen LogP contribution in [0.4, 0.5) is 13.2 Å². The molecule has 0 spiro atoms. The van der Waals surface area contributed by atoms with Crippen molar-refractivity contribution in [3.63, 3.8) is 0 Å². The minimum Gasteiger partial charge on any atom is -0.223 e. The van der Waals surface area contributed by atoms with Gasteiger partial charge in [0.05, 0.1) is 15.2 Å². The van der Waals surface area contributed by atoms with E-state index in [1.165, 1.54) is 12.1 Å². The molecule has 0 aliphatic heterocycles. The topological polar surface area (TPSA) is 34.1 Å². The third-order valence-electron chi connectivity index (χ3n) is 8.88. The maximum Gasteiger partial charge on any atom is 0.416 e. The fourth-order valence-corrected chi connectivity index (χ4v) is 9.80. The number of allylic oxidation sites excluding steroid dienone is 5. The van der Waals surface area contributed by atoms with Crippen molar-refractivity contribution in [2.45, 2.75) is 49.4 Å². The molecule has 212 valence electrons. The highest BCUT2D eigenvalue weighted by Crippen LogP contribution is 2.60. The van der Waals surface area contributed by atoms with Gasteiger partial charge in [-0.3, -0.25) is 0 Å². The Bertz CT molecular complexity index is 1750. The zero-order chi connectivity index (χ0) is 29.4. The molecule has 7 heteroatoms. The number of alkyl halides is 3. The van der Waals surface area contributed by atoms with Gasteiger partial charge < -0.3 is 0 Å². The van der Waals surface area contributed by atoms with E-state index in [-0.39, 0.29) is 16.2 Å². The van der Waals surface area contributed by atoms with Crippen molar-refractivity contribution in [3.05, 3.63) is 124 Å². The first kappa shape index (κ1) is 28.0. The van der Waals surface area contributed by atoms with Crippen LogP contribution in [0, 0.1) is 17.3 Å². The van der Waals surface area contributed by atoms with Crippen LogP contribution in [0.1, 0.15) is 55.9 Å². The van der Waals surface area contributed by atoms with Crippen molar-refractivity contribution in [2.75, 3.05) is 0 Å². The Morgan fingerprint density at radius 1 is 0.878 bits per heavy atom. The highest BCUT2D eigenvalue weighted by atomic mass is 35.5. The highest BCUT2D eigenvalue weighted by molar-refractivity contribution is 7.92.